The topological polar surface area (TPSA) is 89.6 Å². The Hall–Kier alpha value is -1.53. The summed E-state index contributed by atoms with van der Waals surface area (Å²) in [7, 11) is 0. The van der Waals surface area contributed by atoms with Crippen LogP contribution in [0.3, 0.4) is 0 Å². The summed E-state index contributed by atoms with van der Waals surface area (Å²) in [5.74, 6) is -2.33. The fourth-order valence-corrected chi connectivity index (χ4v) is 2.69. The lowest BCUT2D eigenvalue weighted by Gasteiger charge is -2.31. The van der Waals surface area contributed by atoms with E-state index in [1.54, 1.807) is 27.7 Å². The summed E-state index contributed by atoms with van der Waals surface area (Å²) >= 11 is 1.23. The van der Waals surface area contributed by atoms with Crippen molar-refractivity contribution in [2.75, 3.05) is 0 Å². The number of hydrogen-bond donors (Lipinski definition) is 2. The van der Waals surface area contributed by atoms with Crippen molar-refractivity contribution in [3.8, 4) is 0 Å². The summed E-state index contributed by atoms with van der Waals surface area (Å²) in [6.45, 7) is 6.61. The van der Waals surface area contributed by atoms with Crippen molar-refractivity contribution >= 4 is 23.7 Å². The van der Waals surface area contributed by atoms with Crippen LogP contribution in [0.1, 0.15) is 27.7 Å². The molecule has 2 atom stereocenters. The van der Waals surface area contributed by atoms with Crippen LogP contribution in [0.2, 0.25) is 0 Å². The van der Waals surface area contributed by atoms with Gasteiger partial charge in [-0.05, 0) is 39.8 Å². The van der Waals surface area contributed by atoms with Gasteiger partial charge in [0, 0.05) is 10.1 Å². The van der Waals surface area contributed by atoms with Crippen LogP contribution in [0.15, 0.2) is 35.2 Å². The number of carboxylic acids is 1. The van der Waals surface area contributed by atoms with Gasteiger partial charge in [-0.25, -0.2) is 9.59 Å². The highest BCUT2D eigenvalue weighted by atomic mass is 32.2. The van der Waals surface area contributed by atoms with Crippen LogP contribution in [-0.4, -0.2) is 33.4 Å². The molecule has 116 valence electrons. The van der Waals surface area contributed by atoms with E-state index in [-0.39, 0.29) is 0 Å². The van der Waals surface area contributed by atoms with Crippen LogP contribution in [0.4, 0.5) is 0 Å². The molecule has 0 aliphatic heterocycles. The number of benzene rings is 1. The van der Waals surface area contributed by atoms with Gasteiger partial charge in [-0.15, -0.1) is 11.8 Å². The summed E-state index contributed by atoms with van der Waals surface area (Å²) in [5.41, 5.74) is 2.99. The van der Waals surface area contributed by atoms with Gasteiger partial charge in [-0.2, -0.15) is 0 Å². The highest BCUT2D eigenvalue weighted by Crippen LogP contribution is 2.31. The van der Waals surface area contributed by atoms with E-state index in [1.807, 2.05) is 30.3 Å². The first-order valence-corrected chi connectivity index (χ1v) is 7.42. The van der Waals surface area contributed by atoms with E-state index in [1.165, 1.54) is 11.8 Å². The summed E-state index contributed by atoms with van der Waals surface area (Å²) < 4.78 is 5.16. The number of nitrogens with two attached hydrogens (primary N) is 1. The smallest absolute Gasteiger partial charge is 0.339 e. The number of carbonyl (C=O) groups excluding carboxylic acids is 1. The van der Waals surface area contributed by atoms with Crippen LogP contribution in [0, 0.1) is 0 Å². The molecule has 5 nitrogen and oxygen atoms in total. The summed E-state index contributed by atoms with van der Waals surface area (Å²) in [4.78, 5) is 24.6. The Morgan fingerprint density at radius 1 is 1.24 bits per heavy atom. The molecule has 0 amide bonds. The second-order valence-electron chi connectivity index (χ2n) is 5.75. The minimum atomic E-state index is -2.10. The molecule has 0 bridgehead atoms. The van der Waals surface area contributed by atoms with E-state index in [0.29, 0.717) is 0 Å². The van der Waals surface area contributed by atoms with Crippen molar-refractivity contribution < 1.29 is 19.4 Å². The summed E-state index contributed by atoms with van der Waals surface area (Å²) in [6.07, 6.45) is 0. The minimum Gasteiger partial charge on any atom is -0.479 e. The van der Waals surface area contributed by atoms with E-state index in [2.05, 4.69) is 0 Å². The van der Waals surface area contributed by atoms with Gasteiger partial charge < -0.3 is 15.6 Å². The molecule has 0 saturated heterocycles. The first-order valence-electron chi connectivity index (χ1n) is 6.55. The predicted octanol–water partition coefficient (Wildman–Crippen LogP) is 2.29. The number of aliphatic carboxylic acids is 1. The van der Waals surface area contributed by atoms with Crippen molar-refractivity contribution in [2.24, 2.45) is 5.73 Å². The molecule has 0 fully saturated rings. The molecule has 0 unspecified atom stereocenters. The van der Waals surface area contributed by atoms with Gasteiger partial charge in [0.25, 0.3) is 0 Å². The van der Waals surface area contributed by atoms with Crippen molar-refractivity contribution in [3.05, 3.63) is 30.3 Å². The Balaban J connectivity index is 2.99. The zero-order chi connectivity index (χ0) is 16.3. The van der Waals surface area contributed by atoms with Crippen LogP contribution in [0.25, 0.3) is 0 Å². The zero-order valence-corrected chi connectivity index (χ0v) is 13.4. The predicted molar refractivity (Wildman–Crippen MR) is 82.2 cm³/mol. The van der Waals surface area contributed by atoms with Crippen molar-refractivity contribution in [2.45, 2.75) is 49.0 Å². The van der Waals surface area contributed by atoms with E-state index >= 15 is 0 Å². The molecule has 0 heterocycles. The Labute approximate surface area is 128 Å². The lowest BCUT2D eigenvalue weighted by molar-refractivity contribution is -0.168. The second-order valence-corrected chi connectivity index (χ2v) is 7.16. The summed E-state index contributed by atoms with van der Waals surface area (Å²) in [5, 5.41) is 8.72. The monoisotopic (exact) mass is 311 g/mol. The molecule has 0 aromatic heterocycles. The molecule has 6 heteroatoms. The molecule has 21 heavy (non-hydrogen) atoms. The third kappa shape index (κ3) is 4.47. The highest BCUT2D eigenvalue weighted by molar-refractivity contribution is 8.00. The molecule has 0 aliphatic carbocycles. The number of hydrogen-bond acceptors (Lipinski definition) is 5. The van der Waals surface area contributed by atoms with Crippen LogP contribution >= 0.6 is 11.8 Å². The highest BCUT2D eigenvalue weighted by Gasteiger charge is 2.50. The Morgan fingerprint density at radius 3 is 2.19 bits per heavy atom. The van der Waals surface area contributed by atoms with Gasteiger partial charge in [0.15, 0.2) is 0 Å². The maximum absolute atomic E-state index is 12.2. The molecule has 1 aromatic rings. The standard InChI is InChI=1S/C15H21NO4S/c1-10(21-11-8-6-5-7-9-11)15(16,12(17)18)13(19)20-14(2,3)4/h5-10H,16H2,1-4H3,(H,17,18)/t10-,15+/m0/s1. The zero-order valence-electron chi connectivity index (χ0n) is 12.6. The van der Waals surface area contributed by atoms with Crippen LogP contribution < -0.4 is 5.73 Å². The molecule has 3 N–H and O–H groups in total. The molecular formula is C15H21NO4S. The second kappa shape index (κ2) is 6.49. The van der Waals surface area contributed by atoms with Crippen LogP contribution in [0.5, 0.6) is 0 Å². The van der Waals surface area contributed by atoms with Gasteiger partial charge in [0.1, 0.15) is 5.60 Å². The molecular weight excluding hydrogens is 290 g/mol. The first-order chi connectivity index (χ1) is 9.57. The third-order valence-electron chi connectivity index (χ3n) is 2.79. The maximum Gasteiger partial charge on any atom is 0.339 e. The van der Waals surface area contributed by atoms with Gasteiger partial charge in [0.05, 0.1) is 0 Å². The third-order valence-corrected chi connectivity index (χ3v) is 4.06. The SMILES string of the molecule is C[C@H](Sc1ccccc1)[C@@](N)(C(=O)O)C(=O)OC(C)(C)C. The number of thioether (sulfide) groups is 1. The fraction of sp³-hybridized carbons (Fsp3) is 0.467. The van der Waals surface area contributed by atoms with E-state index in [0.717, 1.165) is 4.90 Å². The Bertz CT molecular complexity index is 512. The molecule has 0 aliphatic rings. The fourth-order valence-electron chi connectivity index (χ4n) is 1.59. The summed E-state index contributed by atoms with van der Waals surface area (Å²) in [6, 6.07) is 9.19. The largest absolute Gasteiger partial charge is 0.479 e. The van der Waals surface area contributed by atoms with Crippen molar-refractivity contribution in [1.82, 2.24) is 0 Å². The average Bonchev–Trinajstić information content (AvgIpc) is 2.36. The lowest BCUT2D eigenvalue weighted by Crippen LogP contribution is -2.62. The Kier molecular flexibility index (Phi) is 5.42. The maximum atomic E-state index is 12.2. The van der Waals surface area contributed by atoms with Gasteiger partial charge >= 0.3 is 11.9 Å². The quantitative estimate of drug-likeness (QED) is 0.492. The molecule has 0 saturated carbocycles. The minimum absolute atomic E-state index is 0.688. The lowest BCUT2D eigenvalue weighted by atomic mass is 9.97. The van der Waals surface area contributed by atoms with E-state index in [4.69, 9.17) is 10.5 Å². The molecule has 1 aromatic carbocycles. The van der Waals surface area contributed by atoms with E-state index < -0.39 is 28.3 Å². The average molecular weight is 311 g/mol. The van der Waals surface area contributed by atoms with E-state index in [9.17, 15) is 14.7 Å². The number of rotatable bonds is 5. The number of esters is 1. The van der Waals surface area contributed by atoms with Gasteiger partial charge in [-0.3, -0.25) is 0 Å². The number of carboxylic acid groups (broad SMARTS) is 1. The Morgan fingerprint density at radius 2 is 1.76 bits per heavy atom. The molecule has 1 rings (SSSR count). The normalized spacial score (nSPS) is 15.9. The number of carbonyl (C=O) groups is 2. The molecule has 0 spiro atoms. The van der Waals surface area contributed by atoms with Crippen molar-refractivity contribution in [3.63, 3.8) is 0 Å². The van der Waals surface area contributed by atoms with Crippen LogP contribution in [-0.2, 0) is 14.3 Å². The molecule has 0 radical (unpaired) electrons. The van der Waals surface area contributed by atoms with Gasteiger partial charge in [-0.1, -0.05) is 18.2 Å². The van der Waals surface area contributed by atoms with Gasteiger partial charge in [0.2, 0.25) is 5.54 Å². The first kappa shape index (κ1) is 17.5. The van der Waals surface area contributed by atoms with Crippen molar-refractivity contribution in [1.29, 1.82) is 0 Å². The number of ether oxygens (including phenoxy) is 1.